The highest BCUT2D eigenvalue weighted by Crippen LogP contribution is 2.22. The first-order valence-electron chi connectivity index (χ1n) is 10.7. The summed E-state index contributed by atoms with van der Waals surface area (Å²) in [6.07, 6.45) is 2.93. The Morgan fingerprint density at radius 1 is 1.03 bits per heavy atom. The number of ether oxygens (including phenoxy) is 1. The first kappa shape index (κ1) is 22.3. The molecule has 0 aliphatic carbocycles. The number of nitrogens with zero attached hydrogens (tertiary/aromatic N) is 1. The summed E-state index contributed by atoms with van der Waals surface area (Å²) in [7, 11) is 0. The number of aryl methyl sites for hydroxylation is 2. The Balaban J connectivity index is 1.56. The van der Waals surface area contributed by atoms with Gasteiger partial charge < -0.3 is 10.1 Å². The Labute approximate surface area is 185 Å². The number of aliphatic imine (C=N–C) groups is 1. The summed E-state index contributed by atoms with van der Waals surface area (Å²) >= 11 is 0. The molecule has 0 heterocycles. The largest absolute Gasteiger partial charge is 0.484 e. The van der Waals surface area contributed by atoms with Crippen LogP contribution < -0.4 is 10.1 Å². The smallest absolute Gasteiger partial charge is 0.262 e. The van der Waals surface area contributed by atoms with Crippen LogP contribution in [0.5, 0.6) is 5.75 Å². The van der Waals surface area contributed by atoms with Crippen molar-refractivity contribution in [1.82, 2.24) is 0 Å². The average molecular weight is 415 g/mol. The van der Waals surface area contributed by atoms with Crippen LogP contribution in [0.1, 0.15) is 48.4 Å². The number of rotatable bonds is 8. The molecular weight excluding hydrogens is 384 g/mol. The van der Waals surface area contributed by atoms with Crippen LogP contribution in [0.3, 0.4) is 0 Å². The van der Waals surface area contributed by atoms with Crippen molar-refractivity contribution in [3.63, 3.8) is 0 Å². The van der Waals surface area contributed by atoms with Gasteiger partial charge in [0.15, 0.2) is 6.61 Å². The minimum absolute atomic E-state index is 0.0510. The monoisotopic (exact) mass is 414 g/mol. The number of hydrogen-bond acceptors (Lipinski definition) is 3. The molecule has 1 atom stereocenters. The van der Waals surface area contributed by atoms with Crippen LogP contribution in [0.25, 0.3) is 0 Å². The molecule has 3 aromatic carbocycles. The fourth-order valence-corrected chi connectivity index (χ4v) is 3.12. The van der Waals surface area contributed by atoms with Gasteiger partial charge in [-0.25, -0.2) is 0 Å². The van der Waals surface area contributed by atoms with Crippen molar-refractivity contribution in [2.45, 2.75) is 40.0 Å². The number of nitrogens with one attached hydrogen (secondary N) is 1. The third-order valence-corrected chi connectivity index (χ3v) is 5.46. The van der Waals surface area contributed by atoms with Crippen LogP contribution in [0.2, 0.25) is 0 Å². The predicted octanol–water partition coefficient (Wildman–Crippen LogP) is 6.59. The molecule has 4 heteroatoms. The van der Waals surface area contributed by atoms with Gasteiger partial charge in [0.1, 0.15) is 5.75 Å². The third kappa shape index (κ3) is 6.54. The van der Waals surface area contributed by atoms with Crippen molar-refractivity contribution < 1.29 is 9.53 Å². The first-order chi connectivity index (χ1) is 14.9. The summed E-state index contributed by atoms with van der Waals surface area (Å²) in [6.45, 7) is 8.44. The molecule has 4 nitrogen and oxygen atoms in total. The van der Waals surface area contributed by atoms with E-state index in [-0.39, 0.29) is 12.5 Å². The van der Waals surface area contributed by atoms with Gasteiger partial charge in [0.05, 0.1) is 5.69 Å². The number of carbonyl (C=O) groups excluding carboxylic acids is 1. The second kappa shape index (κ2) is 10.6. The Hall–Kier alpha value is -3.40. The zero-order chi connectivity index (χ0) is 22.2. The lowest BCUT2D eigenvalue weighted by molar-refractivity contribution is -0.118. The average Bonchev–Trinajstić information content (AvgIpc) is 2.79. The SMILES string of the molecule is CC[C@@H](C)c1ccc(N=Cc2cccc(OCC(=O)Nc3ccc(C)c(C)c3)c2)cc1. The Kier molecular flexibility index (Phi) is 7.60. The molecular formula is C27H30N2O2. The Morgan fingerprint density at radius 3 is 2.52 bits per heavy atom. The summed E-state index contributed by atoms with van der Waals surface area (Å²) in [5, 5.41) is 2.87. The van der Waals surface area contributed by atoms with Crippen molar-refractivity contribution in [3.8, 4) is 5.75 Å². The lowest BCUT2D eigenvalue weighted by atomic mass is 9.99. The molecule has 0 unspecified atom stereocenters. The van der Waals surface area contributed by atoms with E-state index in [0.29, 0.717) is 11.7 Å². The molecule has 0 spiro atoms. The number of carbonyl (C=O) groups is 1. The minimum atomic E-state index is -0.191. The summed E-state index contributed by atoms with van der Waals surface area (Å²) < 4.78 is 5.67. The molecule has 1 amide bonds. The van der Waals surface area contributed by atoms with E-state index in [4.69, 9.17) is 4.74 Å². The Morgan fingerprint density at radius 2 is 1.81 bits per heavy atom. The maximum atomic E-state index is 12.2. The predicted molar refractivity (Wildman–Crippen MR) is 129 cm³/mol. The highest BCUT2D eigenvalue weighted by molar-refractivity contribution is 5.92. The quantitative estimate of drug-likeness (QED) is 0.423. The topological polar surface area (TPSA) is 50.7 Å². The van der Waals surface area contributed by atoms with Gasteiger partial charge in [0.2, 0.25) is 0 Å². The molecule has 0 aliphatic rings. The highest BCUT2D eigenvalue weighted by atomic mass is 16.5. The van der Waals surface area contributed by atoms with Crippen molar-refractivity contribution in [2.75, 3.05) is 11.9 Å². The van der Waals surface area contributed by atoms with Crippen LogP contribution in [0.15, 0.2) is 71.7 Å². The van der Waals surface area contributed by atoms with Gasteiger partial charge in [0.25, 0.3) is 5.91 Å². The number of anilines is 1. The van der Waals surface area contributed by atoms with Crippen LogP contribution in [-0.4, -0.2) is 18.7 Å². The van der Waals surface area contributed by atoms with Crippen LogP contribution in [0, 0.1) is 13.8 Å². The van der Waals surface area contributed by atoms with E-state index in [0.717, 1.165) is 28.9 Å². The molecule has 0 radical (unpaired) electrons. The molecule has 0 saturated heterocycles. The lowest BCUT2D eigenvalue weighted by Gasteiger charge is -2.09. The van der Waals surface area contributed by atoms with Crippen LogP contribution in [0.4, 0.5) is 11.4 Å². The molecule has 0 saturated carbocycles. The van der Waals surface area contributed by atoms with E-state index in [9.17, 15) is 4.79 Å². The Bertz CT molecular complexity index is 1060. The van der Waals surface area contributed by atoms with Gasteiger partial charge in [-0.15, -0.1) is 0 Å². The number of benzene rings is 3. The molecule has 0 bridgehead atoms. The van der Waals surface area contributed by atoms with E-state index < -0.39 is 0 Å². The van der Waals surface area contributed by atoms with Crippen LogP contribution in [-0.2, 0) is 4.79 Å². The first-order valence-corrected chi connectivity index (χ1v) is 10.7. The molecule has 0 aromatic heterocycles. The molecule has 0 aliphatic heterocycles. The van der Waals surface area contributed by atoms with Crippen molar-refractivity contribution in [1.29, 1.82) is 0 Å². The second-order valence-electron chi connectivity index (χ2n) is 7.87. The van der Waals surface area contributed by atoms with E-state index in [2.05, 4.69) is 36.3 Å². The molecule has 3 rings (SSSR count). The lowest BCUT2D eigenvalue weighted by Crippen LogP contribution is -2.20. The van der Waals surface area contributed by atoms with Crippen molar-refractivity contribution in [2.24, 2.45) is 4.99 Å². The summed E-state index contributed by atoms with van der Waals surface area (Å²) in [5.74, 6) is 0.995. The van der Waals surface area contributed by atoms with E-state index in [1.807, 2.05) is 68.4 Å². The summed E-state index contributed by atoms with van der Waals surface area (Å²) in [6, 6.07) is 21.7. The zero-order valence-corrected chi connectivity index (χ0v) is 18.7. The van der Waals surface area contributed by atoms with E-state index in [1.54, 1.807) is 6.21 Å². The van der Waals surface area contributed by atoms with E-state index >= 15 is 0 Å². The third-order valence-electron chi connectivity index (χ3n) is 5.46. The summed E-state index contributed by atoms with van der Waals surface area (Å²) in [4.78, 5) is 16.8. The van der Waals surface area contributed by atoms with Crippen LogP contribution >= 0.6 is 0 Å². The van der Waals surface area contributed by atoms with Gasteiger partial charge in [0, 0.05) is 11.9 Å². The molecule has 3 aromatic rings. The molecule has 31 heavy (non-hydrogen) atoms. The highest BCUT2D eigenvalue weighted by Gasteiger charge is 2.05. The molecule has 160 valence electrons. The second-order valence-corrected chi connectivity index (χ2v) is 7.87. The van der Waals surface area contributed by atoms with Crippen molar-refractivity contribution in [3.05, 3.63) is 89.0 Å². The fraction of sp³-hybridized carbons (Fsp3) is 0.259. The minimum Gasteiger partial charge on any atom is -0.484 e. The standard InChI is InChI=1S/C27H30N2O2/c1-5-19(2)23-10-13-24(14-11-23)28-17-22-7-6-8-26(16-22)31-18-27(30)29-25-12-9-20(3)21(4)15-25/h6-17,19H,5,18H2,1-4H3,(H,29,30)/t19-/m1/s1. The summed E-state index contributed by atoms with van der Waals surface area (Å²) in [5.41, 5.74) is 6.26. The maximum Gasteiger partial charge on any atom is 0.262 e. The van der Waals surface area contributed by atoms with Gasteiger partial charge in [-0.3, -0.25) is 9.79 Å². The van der Waals surface area contributed by atoms with Gasteiger partial charge in [-0.2, -0.15) is 0 Å². The van der Waals surface area contributed by atoms with Crippen molar-refractivity contribution >= 4 is 23.5 Å². The number of hydrogen-bond donors (Lipinski definition) is 1. The van der Waals surface area contributed by atoms with Gasteiger partial charge in [-0.1, -0.05) is 44.2 Å². The zero-order valence-electron chi connectivity index (χ0n) is 18.7. The normalized spacial score (nSPS) is 12.0. The molecule has 1 N–H and O–H groups in total. The fourth-order valence-electron chi connectivity index (χ4n) is 3.12. The number of amides is 1. The molecule has 0 fully saturated rings. The van der Waals surface area contributed by atoms with Gasteiger partial charge in [-0.05, 0) is 84.8 Å². The maximum absolute atomic E-state index is 12.2. The van der Waals surface area contributed by atoms with E-state index in [1.165, 1.54) is 11.1 Å². The van der Waals surface area contributed by atoms with Gasteiger partial charge >= 0.3 is 0 Å².